The Labute approximate surface area is 158 Å². The normalized spacial score (nSPS) is 24.0. The molecule has 0 unspecified atom stereocenters. The van der Waals surface area contributed by atoms with Crippen LogP contribution >= 0.6 is 23.2 Å². The van der Waals surface area contributed by atoms with Gasteiger partial charge >= 0.3 is 0 Å². The van der Waals surface area contributed by atoms with Crippen LogP contribution in [-0.4, -0.2) is 29.8 Å². The van der Waals surface area contributed by atoms with Crippen molar-refractivity contribution in [3.8, 4) is 0 Å². The van der Waals surface area contributed by atoms with Crippen LogP contribution in [0.25, 0.3) is 0 Å². The molecule has 25 heavy (non-hydrogen) atoms. The highest BCUT2D eigenvalue weighted by atomic mass is 35.5. The van der Waals surface area contributed by atoms with Crippen molar-refractivity contribution in [2.45, 2.75) is 44.9 Å². The van der Waals surface area contributed by atoms with E-state index in [9.17, 15) is 9.59 Å². The number of carbonyl (C=O) groups excluding carboxylic acids is 2. The molecule has 0 atom stereocenters. The van der Waals surface area contributed by atoms with Crippen molar-refractivity contribution in [3.05, 3.63) is 28.2 Å². The van der Waals surface area contributed by atoms with Gasteiger partial charge in [0.2, 0.25) is 11.8 Å². The van der Waals surface area contributed by atoms with Gasteiger partial charge in [-0.15, -0.1) is 0 Å². The van der Waals surface area contributed by atoms with Crippen LogP contribution in [0.4, 0.5) is 5.69 Å². The summed E-state index contributed by atoms with van der Waals surface area (Å²) in [6.45, 7) is 1.80. The van der Waals surface area contributed by atoms with Crippen molar-refractivity contribution in [1.29, 1.82) is 0 Å². The summed E-state index contributed by atoms with van der Waals surface area (Å²) in [5.74, 6) is 0.313. The SMILES string of the molecule is O=C(Nc1cc(Cl)cc(Cl)c1)C1CCC(C(=O)N2CCCCC2)CC1. The number of carbonyl (C=O) groups is 2. The second-order valence-corrected chi connectivity index (χ2v) is 7.95. The zero-order valence-electron chi connectivity index (χ0n) is 14.3. The van der Waals surface area contributed by atoms with Crippen LogP contribution in [0.1, 0.15) is 44.9 Å². The van der Waals surface area contributed by atoms with Crippen LogP contribution in [-0.2, 0) is 9.59 Å². The molecule has 1 saturated heterocycles. The van der Waals surface area contributed by atoms with Crippen LogP contribution < -0.4 is 5.32 Å². The van der Waals surface area contributed by atoms with E-state index in [1.165, 1.54) is 6.42 Å². The summed E-state index contributed by atoms with van der Waals surface area (Å²) in [5.41, 5.74) is 0.619. The van der Waals surface area contributed by atoms with E-state index >= 15 is 0 Å². The maximum Gasteiger partial charge on any atom is 0.227 e. The van der Waals surface area contributed by atoms with Crippen molar-refractivity contribution < 1.29 is 9.59 Å². The van der Waals surface area contributed by atoms with Crippen LogP contribution in [0.5, 0.6) is 0 Å². The monoisotopic (exact) mass is 382 g/mol. The van der Waals surface area contributed by atoms with Crippen molar-refractivity contribution in [2.24, 2.45) is 11.8 Å². The third kappa shape index (κ3) is 4.89. The molecule has 1 saturated carbocycles. The molecule has 1 aromatic carbocycles. The minimum Gasteiger partial charge on any atom is -0.342 e. The van der Waals surface area contributed by atoms with Gasteiger partial charge in [-0.05, 0) is 63.1 Å². The van der Waals surface area contributed by atoms with Gasteiger partial charge in [0, 0.05) is 40.7 Å². The highest BCUT2D eigenvalue weighted by molar-refractivity contribution is 6.35. The van der Waals surface area contributed by atoms with E-state index in [1.807, 2.05) is 4.90 Å². The Kier molecular flexibility index (Phi) is 6.24. The molecule has 0 bridgehead atoms. The summed E-state index contributed by atoms with van der Waals surface area (Å²) in [6, 6.07) is 5.02. The lowest BCUT2D eigenvalue weighted by atomic mass is 9.80. The first-order valence-corrected chi connectivity index (χ1v) is 9.84. The van der Waals surface area contributed by atoms with Crippen molar-refractivity contribution in [3.63, 3.8) is 0 Å². The van der Waals surface area contributed by atoms with E-state index in [4.69, 9.17) is 23.2 Å². The Morgan fingerprint density at radius 2 is 1.44 bits per heavy atom. The van der Waals surface area contributed by atoms with E-state index in [0.717, 1.165) is 51.6 Å². The van der Waals surface area contributed by atoms with Crippen molar-refractivity contribution in [2.75, 3.05) is 18.4 Å². The molecule has 1 aliphatic heterocycles. The molecule has 2 aliphatic rings. The van der Waals surface area contributed by atoms with Gasteiger partial charge in [-0.3, -0.25) is 9.59 Å². The zero-order chi connectivity index (χ0) is 17.8. The summed E-state index contributed by atoms with van der Waals surface area (Å²) in [4.78, 5) is 27.1. The van der Waals surface area contributed by atoms with E-state index < -0.39 is 0 Å². The number of hydrogen-bond donors (Lipinski definition) is 1. The lowest BCUT2D eigenvalue weighted by Gasteiger charge is -2.33. The quantitative estimate of drug-likeness (QED) is 0.819. The van der Waals surface area contributed by atoms with Crippen molar-refractivity contribution in [1.82, 2.24) is 4.90 Å². The van der Waals surface area contributed by atoms with Gasteiger partial charge in [-0.25, -0.2) is 0 Å². The van der Waals surface area contributed by atoms with Gasteiger partial charge in [0.05, 0.1) is 0 Å². The van der Waals surface area contributed by atoms with Gasteiger partial charge < -0.3 is 10.2 Å². The predicted octanol–water partition coefficient (Wildman–Crippen LogP) is 4.75. The fourth-order valence-corrected chi connectivity index (χ4v) is 4.37. The molecule has 0 spiro atoms. The lowest BCUT2D eigenvalue weighted by molar-refractivity contribution is -0.138. The number of likely N-dealkylation sites (tertiary alicyclic amines) is 1. The Balaban J connectivity index is 1.51. The molecular formula is C19H24Cl2N2O2. The minimum atomic E-state index is -0.0526. The standard InChI is InChI=1S/C19H24Cl2N2O2/c20-15-10-16(21)12-17(11-15)22-18(24)13-4-6-14(7-5-13)19(25)23-8-2-1-3-9-23/h10-14H,1-9H2,(H,22,24). The van der Waals surface area contributed by atoms with E-state index in [0.29, 0.717) is 21.6 Å². The fourth-order valence-electron chi connectivity index (χ4n) is 3.85. The van der Waals surface area contributed by atoms with Crippen LogP contribution in [0, 0.1) is 11.8 Å². The summed E-state index contributed by atoms with van der Waals surface area (Å²) >= 11 is 11.9. The van der Waals surface area contributed by atoms with Gasteiger partial charge in [0.15, 0.2) is 0 Å². The molecule has 2 amide bonds. The Hall–Kier alpha value is -1.26. The Bertz CT molecular complexity index is 616. The molecule has 3 rings (SSSR count). The van der Waals surface area contributed by atoms with E-state index in [1.54, 1.807) is 18.2 Å². The molecular weight excluding hydrogens is 359 g/mol. The first kappa shape index (κ1) is 18.5. The summed E-state index contributed by atoms with van der Waals surface area (Å²) in [7, 11) is 0. The zero-order valence-corrected chi connectivity index (χ0v) is 15.8. The second kappa shape index (κ2) is 8.41. The van der Waals surface area contributed by atoms with E-state index in [2.05, 4.69) is 5.32 Å². The molecule has 6 heteroatoms. The third-order valence-corrected chi connectivity index (χ3v) is 5.68. The molecule has 1 N–H and O–H groups in total. The van der Waals surface area contributed by atoms with Gasteiger partial charge in [0.1, 0.15) is 0 Å². The topological polar surface area (TPSA) is 49.4 Å². The molecule has 0 aromatic heterocycles. The van der Waals surface area contributed by atoms with Gasteiger partial charge in [0.25, 0.3) is 0 Å². The maximum absolute atomic E-state index is 12.6. The summed E-state index contributed by atoms with van der Waals surface area (Å²) < 4.78 is 0. The minimum absolute atomic E-state index is 0.0118. The lowest BCUT2D eigenvalue weighted by Crippen LogP contribution is -2.41. The molecule has 136 valence electrons. The number of piperidine rings is 1. The molecule has 0 radical (unpaired) electrons. The smallest absolute Gasteiger partial charge is 0.227 e. The number of anilines is 1. The summed E-state index contributed by atoms with van der Waals surface area (Å²) in [6.07, 6.45) is 6.56. The van der Waals surface area contributed by atoms with Crippen LogP contribution in [0.15, 0.2) is 18.2 Å². The molecule has 1 aliphatic carbocycles. The number of nitrogens with one attached hydrogen (secondary N) is 1. The second-order valence-electron chi connectivity index (χ2n) is 7.08. The van der Waals surface area contributed by atoms with Crippen LogP contribution in [0.3, 0.4) is 0 Å². The third-order valence-electron chi connectivity index (χ3n) is 5.25. The van der Waals surface area contributed by atoms with Gasteiger partial charge in [-0.1, -0.05) is 23.2 Å². The highest BCUT2D eigenvalue weighted by Crippen LogP contribution is 2.32. The first-order valence-electron chi connectivity index (χ1n) is 9.08. The Morgan fingerprint density at radius 1 is 0.880 bits per heavy atom. The highest BCUT2D eigenvalue weighted by Gasteiger charge is 2.32. The maximum atomic E-state index is 12.6. The average molecular weight is 383 g/mol. The van der Waals surface area contributed by atoms with Gasteiger partial charge in [-0.2, -0.15) is 0 Å². The fraction of sp³-hybridized carbons (Fsp3) is 0.579. The molecule has 1 aromatic rings. The number of benzene rings is 1. The predicted molar refractivity (Wildman–Crippen MR) is 101 cm³/mol. The average Bonchev–Trinajstić information content (AvgIpc) is 2.61. The number of halogens is 2. The molecule has 1 heterocycles. The Morgan fingerprint density at radius 3 is 2.04 bits per heavy atom. The largest absolute Gasteiger partial charge is 0.342 e. The first-order chi connectivity index (χ1) is 12.0. The molecule has 4 nitrogen and oxygen atoms in total. The number of hydrogen-bond acceptors (Lipinski definition) is 2. The van der Waals surface area contributed by atoms with Crippen LogP contribution in [0.2, 0.25) is 10.0 Å². The number of nitrogens with zero attached hydrogens (tertiary/aromatic N) is 1. The molecule has 2 fully saturated rings. The number of rotatable bonds is 3. The summed E-state index contributed by atoms with van der Waals surface area (Å²) in [5, 5.41) is 3.90. The number of amides is 2. The van der Waals surface area contributed by atoms with Crippen molar-refractivity contribution >= 4 is 40.7 Å². The van der Waals surface area contributed by atoms with E-state index in [-0.39, 0.29) is 17.7 Å².